The third-order valence-corrected chi connectivity index (χ3v) is 3.06. The van der Waals surface area contributed by atoms with Crippen molar-refractivity contribution in [3.8, 4) is 0 Å². The Morgan fingerprint density at radius 1 is 1.24 bits per heavy atom. The van der Waals surface area contributed by atoms with E-state index in [2.05, 4.69) is 20.5 Å². The maximum atomic E-state index is 11.3. The molecule has 94 valence electrons. The number of hydrogen-bond donors (Lipinski definition) is 2. The molecule has 0 spiro atoms. The number of aliphatic carboxylic acids is 1. The Morgan fingerprint density at radius 2 is 1.82 bits per heavy atom. The zero-order chi connectivity index (χ0) is 13.1. The van der Waals surface area contributed by atoms with Crippen LogP contribution >= 0.6 is 0 Å². The molecule has 1 rings (SSSR count). The van der Waals surface area contributed by atoms with E-state index in [1.165, 1.54) is 0 Å². The SMILES string of the molecule is CCC(CC)(Nc1nnc(C)c(C)n1)C(=O)O. The number of hydrogen-bond acceptors (Lipinski definition) is 5. The Hall–Kier alpha value is -1.72. The molecule has 0 saturated carbocycles. The highest BCUT2D eigenvalue weighted by atomic mass is 16.4. The zero-order valence-electron chi connectivity index (χ0n) is 10.6. The summed E-state index contributed by atoms with van der Waals surface area (Å²) in [6.45, 7) is 7.26. The van der Waals surface area contributed by atoms with Gasteiger partial charge in [-0.2, -0.15) is 5.10 Å². The molecule has 0 aliphatic carbocycles. The van der Waals surface area contributed by atoms with Crippen molar-refractivity contribution in [1.29, 1.82) is 0 Å². The Labute approximate surface area is 100 Å². The fourth-order valence-corrected chi connectivity index (χ4v) is 1.51. The molecule has 17 heavy (non-hydrogen) atoms. The second-order valence-corrected chi connectivity index (χ2v) is 4.03. The highest BCUT2D eigenvalue weighted by Gasteiger charge is 2.35. The molecule has 1 heterocycles. The number of aromatic nitrogens is 3. The molecule has 0 aliphatic heterocycles. The summed E-state index contributed by atoms with van der Waals surface area (Å²) in [5.74, 6) is -0.636. The van der Waals surface area contributed by atoms with Crippen molar-refractivity contribution in [3.63, 3.8) is 0 Å². The molecule has 0 radical (unpaired) electrons. The number of carboxylic acid groups (broad SMARTS) is 1. The maximum absolute atomic E-state index is 11.3. The molecule has 0 saturated heterocycles. The fraction of sp³-hybridized carbons (Fsp3) is 0.636. The van der Waals surface area contributed by atoms with Crippen molar-refractivity contribution in [1.82, 2.24) is 15.2 Å². The van der Waals surface area contributed by atoms with Gasteiger partial charge in [0.15, 0.2) is 0 Å². The van der Waals surface area contributed by atoms with Crippen molar-refractivity contribution in [3.05, 3.63) is 11.4 Å². The van der Waals surface area contributed by atoms with Crippen molar-refractivity contribution in [2.45, 2.75) is 46.1 Å². The highest BCUT2D eigenvalue weighted by Crippen LogP contribution is 2.20. The lowest BCUT2D eigenvalue weighted by atomic mass is 9.93. The number of carbonyl (C=O) groups is 1. The van der Waals surface area contributed by atoms with Crippen LogP contribution in [0.4, 0.5) is 5.95 Å². The average molecular weight is 238 g/mol. The van der Waals surface area contributed by atoms with E-state index in [1.807, 2.05) is 27.7 Å². The van der Waals surface area contributed by atoms with E-state index in [1.54, 1.807) is 0 Å². The summed E-state index contributed by atoms with van der Waals surface area (Å²) in [6.07, 6.45) is 0.907. The van der Waals surface area contributed by atoms with Gasteiger partial charge in [0.05, 0.1) is 11.4 Å². The lowest BCUT2D eigenvalue weighted by molar-refractivity contribution is -0.142. The topological polar surface area (TPSA) is 88.0 Å². The molecule has 6 nitrogen and oxygen atoms in total. The first-order valence-electron chi connectivity index (χ1n) is 5.64. The van der Waals surface area contributed by atoms with Crippen LogP contribution in [0.15, 0.2) is 0 Å². The van der Waals surface area contributed by atoms with E-state index >= 15 is 0 Å². The van der Waals surface area contributed by atoms with Gasteiger partial charge in [-0.25, -0.2) is 9.78 Å². The lowest BCUT2D eigenvalue weighted by Crippen LogP contribution is -2.45. The van der Waals surface area contributed by atoms with E-state index in [9.17, 15) is 9.90 Å². The third-order valence-electron chi connectivity index (χ3n) is 3.06. The monoisotopic (exact) mass is 238 g/mol. The molecule has 0 aliphatic rings. The largest absolute Gasteiger partial charge is 0.480 e. The van der Waals surface area contributed by atoms with E-state index < -0.39 is 11.5 Å². The highest BCUT2D eigenvalue weighted by molar-refractivity contribution is 5.81. The standard InChI is InChI=1S/C11H18N4O2/c1-5-11(6-2,9(16)17)13-10-12-7(3)8(4)14-15-10/h5-6H2,1-4H3,(H,16,17)(H,12,13,15). The van der Waals surface area contributed by atoms with E-state index in [4.69, 9.17) is 0 Å². The first kappa shape index (κ1) is 13.3. The smallest absolute Gasteiger partial charge is 0.329 e. The van der Waals surface area contributed by atoms with Crippen molar-refractivity contribution in [2.24, 2.45) is 0 Å². The van der Waals surface area contributed by atoms with Crippen LogP contribution in [0.3, 0.4) is 0 Å². The molecule has 0 unspecified atom stereocenters. The van der Waals surface area contributed by atoms with Crippen molar-refractivity contribution >= 4 is 11.9 Å². The number of carboxylic acids is 1. The molecule has 6 heteroatoms. The molecular formula is C11H18N4O2. The van der Waals surface area contributed by atoms with Gasteiger partial charge < -0.3 is 10.4 Å². The Bertz CT molecular complexity index is 416. The van der Waals surface area contributed by atoms with E-state index in [0.29, 0.717) is 12.8 Å². The minimum absolute atomic E-state index is 0.263. The lowest BCUT2D eigenvalue weighted by Gasteiger charge is -2.27. The number of nitrogens with one attached hydrogen (secondary N) is 1. The van der Waals surface area contributed by atoms with Gasteiger partial charge in [0.1, 0.15) is 5.54 Å². The van der Waals surface area contributed by atoms with E-state index in [-0.39, 0.29) is 5.95 Å². The summed E-state index contributed by atoms with van der Waals surface area (Å²) in [5.41, 5.74) is 0.460. The quantitative estimate of drug-likeness (QED) is 0.809. The summed E-state index contributed by atoms with van der Waals surface area (Å²) < 4.78 is 0. The Kier molecular flexibility index (Phi) is 3.98. The summed E-state index contributed by atoms with van der Waals surface area (Å²) in [5, 5.41) is 19.9. The van der Waals surface area contributed by atoms with Gasteiger partial charge in [0.2, 0.25) is 5.95 Å². The van der Waals surface area contributed by atoms with Gasteiger partial charge in [-0.15, -0.1) is 5.10 Å². The van der Waals surface area contributed by atoms with Gasteiger partial charge >= 0.3 is 5.97 Å². The van der Waals surface area contributed by atoms with Crippen LogP contribution in [-0.2, 0) is 4.79 Å². The molecule has 0 aromatic carbocycles. The molecular weight excluding hydrogens is 220 g/mol. The normalized spacial score (nSPS) is 11.3. The maximum Gasteiger partial charge on any atom is 0.329 e. The Morgan fingerprint density at radius 3 is 2.24 bits per heavy atom. The van der Waals surface area contributed by atoms with Gasteiger partial charge in [-0.05, 0) is 26.7 Å². The van der Waals surface area contributed by atoms with Crippen LogP contribution in [0, 0.1) is 13.8 Å². The minimum Gasteiger partial charge on any atom is -0.480 e. The summed E-state index contributed by atoms with van der Waals surface area (Å²) >= 11 is 0. The first-order valence-corrected chi connectivity index (χ1v) is 5.64. The fourth-order valence-electron chi connectivity index (χ4n) is 1.51. The van der Waals surface area contributed by atoms with Crippen LogP contribution in [0.2, 0.25) is 0 Å². The zero-order valence-corrected chi connectivity index (χ0v) is 10.6. The van der Waals surface area contributed by atoms with Crippen LogP contribution < -0.4 is 5.32 Å². The molecule has 0 fully saturated rings. The van der Waals surface area contributed by atoms with Crippen molar-refractivity contribution in [2.75, 3.05) is 5.32 Å². The average Bonchev–Trinajstić information content (AvgIpc) is 2.30. The number of rotatable bonds is 5. The van der Waals surface area contributed by atoms with Gasteiger partial charge in [0.25, 0.3) is 0 Å². The first-order chi connectivity index (χ1) is 7.95. The Balaban J connectivity index is 3.01. The summed E-state index contributed by atoms with van der Waals surface area (Å²) in [4.78, 5) is 15.5. The van der Waals surface area contributed by atoms with Crippen LogP contribution in [0.25, 0.3) is 0 Å². The second kappa shape index (κ2) is 5.07. The number of aryl methyl sites for hydroxylation is 2. The molecule has 2 N–H and O–H groups in total. The van der Waals surface area contributed by atoms with Gasteiger partial charge in [-0.3, -0.25) is 0 Å². The molecule has 0 atom stereocenters. The van der Waals surface area contributed by atoms with E-state index in [0.717, 1.165) is 11.4 Å². The van der Waals surface area contributed by atoms with Gasteiger partial charge in [0, 0.05) is 0 Å². The van der Waals surface area contributed by atoms with Gasteiger partial charge in [-0.1, -0.05) is 13.8 Å². The molecule has 0 bridgehead atoms. The predicted octanol–water partition coefficient (Wildman–Crippen LogP) is 1.54. The summed E-state index contributed by atoms with van der Waals surface area (Å²) in [6, 6.07) is 0. The van der Waals surface area contributed by atoms with Crippen molar-refractivity contribution < 1.29 is 9.90 Å². The van der Waals surface area contributed by atoms with Crippen LogP contribution in [0.1, 0.15) is 38.1 Å². The third kappa shape index (κ3) is 2.69. The molecule has 0 amide bonds. The predicted molar refractivity (Wildman–Crippen MR) is 63.9 cm³/mol. The number of anilines is 1. The minimum atomic E-state index is -1.02. The molecule has 1 aromatic heterocycles. The van der Waals surface area contributed by atoms with Crippen LogP contribution in [0.5, 0.6) is 0 Å². The van der Waals surface area contributed by atoms with Crippen LogP contribution in [-0.4, -0.2) is 31.8 Å². The molecule has 1 aromatic rings. The second-order valence-electron chi connectivity index (χ2n) is 4.03. The summed E-state index contributed by atoms with van der Waals surface area (Å²) in [7, 11) is 0. The number of nitrogens with zero attached hydrogens (tertiary/aromatic N) is 3.